The predicted octanol–water partition coefficient (Wildman–Crippen LogP) is 3.97. The number of hydrogen-bond donors (Lipinski definition) is 0. The van der Waals surface area contributed by atoms with E-state index in [0.29, 0.717) is 0 Å². The Balaban J connectivity index is 2.08. The van der Waals surface area contributed by atoms with Crippen molar-refractivity contribution in [3.63, 3.8) is 0 Å². The maximum atomic E-state index is 6.27. The summed E-state index contributed by atoms with van der Waals surface area (Å²) in [7, 11) is 0. The largest absolute Gasteiger partial charge is 0.369 e. The van der Waals surface area contributed by atoms with Gasteiger partial charge in [0.1, 0.15) is 0 Å². The lowest BCUT2D eigenvalue weighted by molar-refractivity contribution is -0.164. The minimum atomic E-state index is 0.0170. The van der Waals surface area contributed by atoms with E-state index in [1.54, 1.807) is 0 Å². The van der Waals surface area contributed by atoms with Crippen molar-refractivity contribution in [3.05, 3.63) is 35.9 Å². The minimum Gasteiger partial charge on any atom is -0.369 e. The van der Waals surface area contributed by atoms with E-state index in [9.17, 15) is 0 Å². The molecule has 1 aromatic rings. The molecule has 1 fully saturated rings. The standard InChI is InChI=1S/C15H22O/c1-14(2)10-7-11-15(3,16-14)12-13-8-5-4-6-9-13/h4-6,8-9H,7,10-12H2,1-3H3. The molecule has 0 radical (unpaired) electrons. The van der Waals surface area contributed by atoms with E-state index in [1.807, 2.05) is 0 Å². The number of benzene rings is 1. The fourth-order valence-electron chi connectivity index (χ4n) is 2.81. The molecule has 88 valence electrons. The molecule has 16 heavy (non-hydrogen) atoms. The smallest absolute Gasteiger partial charge is 0.0702 e. The molecule has 0 aromatic heterocycles. The maximum absolute atomic E-state index is 6.27. The van der Waals surface area contributed by atoms with Crippen molar-refractivity contribution < 1.29 is 4.74 Å². The summed E-state index contributed by atoms with van der Waals surface area (Å²) >= 11 is 0. The first kappa shape index (κ1) is 11.7. The molecule has 2 rings (SSSR count). The Morgan fingerprint density at radius 2 is 1.75 bits per heavy atom. The second-order valence-electron chi connectivity index (χ2n) is 5.83. The average Bonchev–Trinajstić information content (AvgIpc) is 2.16. The maximum Gasteiger partial charge on any atom is 0.0702 e. The summed E-state index contributed by atoms with van der Waals surface area (Å²) in [5, 5.41) is 0. The highest BCUT2D eigenvalue weighted by atomic mass is 16.5. The van der Waals surface area contributed by atoms with E-state index in [4.69, 9.17) is 4.74 Å². The van der Waals surface area contributed by atoms with Crippen LogP contribution in [0.25, 0.3) is 0 Å². The SMILES string of the molecule is CC1(C)CCCC(C)(Cc2ccccc2)O1. The van der Waals surface area contributed by atoms with Crippen LogP contribution in [0.5, 0.6) is 0 Å². The van der Waals surface area contributed by atoms with Crippen molar-refractivity contribution in [1.82, 2.24) is 0 Å². The first-order chi connectivity index (χ1) is 7.49. The molecule has 1 saturated heterocycles. The van der Waals surface area contributed by atoms with Gasteiger partial charge in [-0.15, -0.1) is 0 Å². The van der Waals surface area contributed by atoms with Gasteiger partial charge in [0, 0.05) is 6.42 Å². The van der Waals surface area contributed by atoms with Crippen molar-refractivity contribution in [3.8, 4) is 0 Å². The highest BCUT2D eigenvalue weighted by molar-refractivity contribution is 5.17. The molecule has 1 heterocycles. The summed E-state index contributed by atoms with van der Waals surface area (Å²) in [5.41, 5.74) is 1.44. The Kier molecular flexibility index (Phi) is 3.07. The normalized spacial score (nSPS) is 28.9. The topological polar surface area (TPSA) is 9.23 Å². The Labute approximate surface area is 98.8 Å². The van der Waals surface area contributed by atoms with Crippen molar-refractivity contribution in [2.24, 2.45) is 0 Å². The van der Waals surface area contributed by atoms with Crippen molar-refractivity contribution in [2.45, 2.75) is 57.7 Å². The van der Waals surface area contributed by atoms with Crippen molar-refractivity contribution in [1.29, 1.82) is 0 Å². The second-order valence-corrected chi connectivity index (χ2v) is 5.83. The zero-order valence-corrected chi connectivity index (χ0v) is 10.6. The van der Waals surface area contributed by atoms with Gasteiger partial charge < -0.3 is 4.74 Å². The zero-order valence-electron chi connectivity index (χ0n) is 10.6. The second kappa shape index (κ2) is 4.21. The van der Waals surface area contributed by atoms with Crippen molar-refractivity contribution in [2.75, 3.05) is 0 Å². The third kappa shape index (κ3) is 2.85. The quantitative estimate of drug-likeness (QED) is 0.730. The lowest BCUT2D eigenvalue weighted by Crippen LogP contribution is -2.44. The highest BCUT2D eigenvalue weighted by Crippen LogP contribution is 2.36. The molecule has 1 aliphatic heterocycles. The molecule has 0 spiro atoms. The molecule has 1 nitrogen and oxygen atoms in total. The first-order valence-electron chi connectivity index (χ1n) is 6.23. The van der Waals surface area contributed by atoms with Gasteiger partial charge in [-0.3, -0.25) is 0 Å². The highest BCUT2D eigenvalue weighted by Gasteiger charge is 2.37. The predicted molar refractivity (Wildman–Crippen MR) is 67.6 cm³/mol. The third-order valence-electron chi connectivity index (χ3n) is 3.43. The number of ether oxygens (including phenoxy) is 1. The molecule has 0 bridgehead atoms. The third-order valence-corrected chi connectivity index (χ3v) is 3.43. The molecule has 0 N–H and O–H groups in total. The van der Waals surface area contributed by atoms with Gasteiger partial charge in [0.2, 0.25) is 0 Å². The van der Waals surface area contributed by atoms with Crippen LogP contribution in [0.3, 0.4) is 0 Å². The van der Waals surface area contributed by atoms with Crippen LogP contribution in [-0.2, 0) is 11.2 Å². The van der Waals surface area contributed by atoms with E-state index in [1.165, 1.54) is 24.8 Å². The van der Waals surface area contributed by atoms with Crippen LogP contribution < -0.4 is 0 Å². The van der Waals surface area contributed by atoms with Crippen LogP contribution in [0, 0.1) is 0 Å². The molecule has 0 saturated carbocycles. The lowest BCUT2D eigenvalue weighted by atomic mass is 9.84. The van der Waals surface area contributed by atoms with Crippen LogP contribution in [-0.4, -0.2) is 11.2 Å². The van der Waals surface area contributed by atoms with Crippen LogP contribution >= 0.6 is 0 Å². The Morgan fingerprint density at radius 1 is 1.06 bits per heavy atom. The number of rotatable bonds is 2. The number of hydrogen-bond acceptors (Lipinski definition) is 1. The van der Waals surface area contributed by atoms with Crippen LogP contribution in [0.4, 0.5) is 0 Å². The fourth-order valence-corrected chi connectivity index (χ4v) is 2.81. The van der Waals surface area contributed by atoms with E-state index in [0.717, 1.165) is 6.42 Å². The lowest BCUT2D eigenvalue weighted by Gasteiger charge is -2.43. The zero-order chi connectivity index (χ0) is 11.6. The van der Waals surface area contributed by atoms with Gasteiger partial charge in [-0.2, -0.15) is 0 Å². The summed E-state index contributed by atoms with van der Waals surface area (Å²) < 4.78 is 6.27. The molecular formula is C15H22O. The van der Waals surface area contributed by atoms with E-state index < -0.39 is 0 Å². The van der Waals surface area contributed by atoms with Gasteiger partial charge in [0.25, 0.3) is 0 Å². The van der Waals surface area contributed by atoms with Gasteiger partial charge in [-0.1, -0.05) is 30.3 Å². The first-order valence-corrected chi connectivity index (χ1v) is 6.23. The van der Waals surface area contributed by atoms with Crippen LogP contribution in [0.2, 0.25) is 0 Å². The van der Waals surface area contributed by atoms with Crippen molar-refractivity contribution >= 4 is 0 Å². The molecular weight excluding hydrogens is 196 g/mol. The minimum absolute atomic E-state index is 0.0170. The van der Waals surface area contributed by atoms with Gasteiger partial charge in [-0.25, -0.2) is 0 Å². The summed E-state index contributed by atoms with van der Waals surface area (Å²) in [6.07, 6.45) is 4.65. The molecule has 0 aliphatic carbocycles. The van der Waals surface area contributed by atoms with E-state index >= 15 is 0 Å². The molecule has 1 unspecified atom stereocenters. The van der Waals surface area contributed by atoms with E-state index in [-0.39, 0.29) is 11.2 Å². The van der Waals surface area contributed by atoms with E-state index in [2.05, 4.69) is 51.1 Å². The molecule has 1 aliphatic rings. The Hall–Kier alpha value is -0.820. The molecule has 1 atom stereocenters. The van der Waals surface area contributed by atoms with Crippen LogP contribution in [0.15, 0.2) is 30.3 Å². The average molecular weight is 218 g/mol. The summed E-state index contributed by atoms with van der Waals surface area (Å²) in [5.74, 6) is 0. The fraction of sp³-hybridized carbons (Fsp3) is 0.600. The molecule has 1 aromatic carbocycles. The van der Waals surface area contributed by atoms with Crippen LogP contribution in [0.1, 0.15) is 45.6 Å². The van der Waals surface area contributed by atoms with Gasteiger partial charge in [-0.05, 0) is 45.6 Å². The van der Waals surface area contributed by atoms with Gasteiger partial charge in [0.15, 0.2) is 0 Å². The Bertz CT molecular complexity index is 342. The monoisotopic (exact) mass is 218 g/mol. The van der Waals surface area contributed by atoms with Gasteiger partial charge in [0.05, 0.1) is 11.2 Å². The summed E-state index contributed by atoms with van der Waals surface area (Å²) in [6, 6.07) is 10.7. The van der Waals surface area contributed by atoms with Gasteiger partial charge >= 0.3 is 0 Å². The summed E-state index contributed by atoms with van der Waals surface area (Å²) in [4.78, 5) is 0. The Morgan fingerprint density at radius 3 is 2.38 bits per heavy atom. The molecule has 1 heteroatoms. The summed E-state index contributed by atoms with van der Waals surface area (Å²) in [6.45, 7) is 6.66. The molecule has 0 amide bonds.